The third-order valence-electron chi connectivity index (χ3n) is 0.783. The van der Waals surface area contributed by atoms with Gasteiger partial charge in [0.05, 0.1) is 0 Å². The van der Waals surface area contributed by atoms with Crippen LogP contribution in [0.2, 0.25) is 0 Å². The van der Waals surface area contributed by atoms with Crippen molar-refractivity contribution in [2.75, 3.05) is 6.61 Å². The first-order chi connectivity index (χ1) is 6.54. The number of hydrogen-bond acceptors (Lipinski definition) is 6. The zero-order valence-electron chi connectivity index (χ0n) is 7.65. The highest BCUT2D eigenvalue weighted by Crippen LogP contribution is 1.82. The van der Waals surface area contributed by atoms with Gasteiger partial charge in [-0.1, -0.05) is 0 Å². The number of aliphatic carboxylic acids is 1. The Kier molecular flexibility index (Phi) is 8.28. The van der Waals surface area contributed by atoms with Crippen molar-refractivity contribution in [3.05, 3.63) is 0 Å². The Morgan fingerprint density at radius 3 is 2.07 bits per heavy atom. The molecule has 15 heavy (non-hydrogen) atoms. The number of ether oxygens (including phenoxy) is 1. The van der Waals surface area contributed by atoms with E-state index < -0.39 is 27.0 Å². The molecule has 0 saturated heterocycles. The number of carbonyl (C=O) groups excluding carboxylic acids is 1. The highest BCUT2D eigenvalue weighted by atomic mass is 32.9. The van der Waals surface area contributed by atoms with Crippen LogP contribution >= 0.6 is 0 Å². The van der Waals surface area contributed by atoms with Crippen molar-refractivity contribution in [1.29, 1.82) is 0 Å². The number of rotatable bonds is 3. The number of esters is 1. The molecule has 10 heteroatoms. The highest BCUT2D eigenvalue weighted by Gasteiger charge is 2.11. The summed E-state index contributed by atoms with van der Waals surface area (Å²) in [5, 5.41) is 8.18. The minimum Gasteiger partial charge on any atom is -0.480 e. The van der Waals surface area contributed by atoms with Crippen LogP contribution in [0.3, 0.4) is 0 Å². The minimum absolute atomic E-state index is 0.273. The SMILES string of the molecule is CC(=O)OC[C@H](N)C(=O)O.O=S(O)(O)=S. The molecule has 0 aromatic heterocycles. The van der Waals surface area contributed by atoms with Gasteiger partial charge >= 0.3 is 11.9 Å². The fraction of sp³-hybridized carbons (Fsp3) is 0.600. The largest absolute Gasteiger partial charge is 0.480 e. The second-order valence-electron chi connectivity index (χ2n) is 2.20. The lowest BCUT2D eigenvalue weighted by molar-refractivity contribution is -0.146. The number of carbonyl (C=O) groups is 2. The van der Waals surface area contributed by atoms with Crippen LogP contribution in [0, 0.1) is 0 Å². The average Bonchev–Trinajstić information content (AvgIpc) is 1.96. The number of nitrogens with two attached hydrogens (primary N) is 1. The molecule has 0 aliphatic rings. The summed E-state index contributed by atoms with van der Waals surface area (Å²) in [4.78, 5) is 20.1. The Balaban J connectivity index is 0. The molecular weight excluding hydrogens is 250 g/mol. The highest BCUT2D eigenvalue weighted by molar-refractivity contribution is 8.26. The lowest BCUT2D eigenvalue weighted by Crippen LogP contribution is -2.35. The van der Waals surface area contributed by atoms with E-state index in [1.807, 2.05) is 0 Å². The van der Waals surface area contributed by atoms with Gasteiger partial charge in [-0.05, 0) is 0 Å². The number of carboxylic acids is 1. The van der Waals surface area contributed by atoms with Crippen LogP contribution < -0.4 is 5.73 Å². The van der Waals surface area contributed by atoms with Crippen molar-refractivity contribution in [3.63, 3.8) is 0 Å². The maximum absolute atomic E-state index is 10.1. The second-order valence-corrected chi connectivity index (χ2v) is 4.39. The van der Waals surface area contributed by atoms with Gasteiger partial charge in [0.15, 0.2) is 0 Å². The quantitative estimate of drug-likeness (QED) is 0.452. The standard InChI is InChI=1S/C5H9NO4.H2O3S2/c1-3(7)10-2-4(6)5(8)9;1-5(2,3)4/h4H,2,6H2,1H3,(H,8,9);(H2,1,2,3,4)/t4-;/m0./s1. The van der Waals surface area contributed by atoms with Gasteiger partial charge in [-0.25, -0.2) is 0 Å². The summed E-state index contributed by atoms with van der Waals surface area (Å²) >= 11 is 3.47. The maximum atomic E-state index is 10.1. The van der Waals surface area contributed by atoms with Crippen molar-refractivity contribution >= 4 is 32.2 Å². The van der Waals surface area contributed by atoms with E-state index in [1.165, 1.54) is 6.92 Å². The molecule has 5 N–H and O–H groups in total. The molecule has 0 unspecified atom stereocenters. The first-order valence-corrected chi connectivity index (χ1v) is 5.75. The van der Waals surface area contributed by atoms with E-state index in [4.69, 9.17) is 24.2 Å². The molecule has 8 nitrogen and oxygen atoms in total. The molecule has 0 aliphatic heterocycles. The molecule has 90 valence electrons. The first kappa shape index (κ1) is 16.6. The van der Waals surface area contributed by atoms with Gasteiger partial charge in [0.25, 0.3) is 9.05 Å². The third-order valence-corrected chi connectivity index (χ3v) is 0.783. The number of carboxylic acid groups (broad SMARTS) is 1. The molecule has 0 aromatic rings. The first-order valence-electron chi connectivity index (χ1n) is 3.35. The smallest absolute Gasteiger partial charge is 0.324 e. The lowest BCUT2D eigenvalue weighted by Gasteiger charge is -2.04. The zero-order chi connectivity index (χ0) is 12.6. The van der Waals surface area contributed by atoms with Gasteiger partial charge in [0, 0.05) is 18.1 Å². The maximum Gasteiger partial charge on any atom is 0.324 e. The Labute approximate surface area is 90.7 Å². The van der Waals surface area contributed by atoms with E-state index in [1.54, 1.807) is 0 Å². The second kappa shape index (κ2) is 7.48. The van der Waals surface area contributed by atoms with E-state index in [2.05, 4.69) is 15.9 Å². The molecule has 0 fully saturated rings. The van der Waals surface area contributed by atoms with Crippen LogP contribution in [0.15, 0.2) is 0 Å². The lowest BCUT2D eigenvalue weighted by atomic mass is 10.3. The van der Waals surface area contributed by atoms with Crippen LogP contribution in [0.5, 0.6) is 0 Å². The van der Waals surface area contributed by atoms with Crippen LogP contribution in [0.25, 0.3) is 0 Å². The van der Waals surface area contributed by atoms with Crippen molar-refractivity contribution in [1.82, 2.24) is 0 Å². The Morgan fingerprint density at radius 2 is 1.87 bits per heavy atom. The molecule has 0 bridgehead atoms. The molecular formula is C5H11NO7S2. The van der Waals surface area contributed by atoms with Crippen molar-refractivity contribution in [3.8, 4) is 0 Å². The van der Waals surface area contributed by atoms with E-state index in [9.17, 15) is 9.59 Å². The van der Waals surface area contributed by atoms with Gasteiger partial charge in [0.1, 0.15) is 12.6 Å². The third kappa shape index (κ3) is 24.6. The molecule has 0 heterocycles. The summed E-state index contributed by atoms with van der Waals surface area (Å²) in [6.45, 7) is 0.916. The number of hydrogen-bond donors (Lipinski definition) is 4. The predicted octanol–water partition coefficient (Wildman–Crippen LogP) is -1.36. The summed E-state index contributed by atoms with van der Waals surface area (Å²) < 4.78 is 28.3. The molecule has 0 rings (SSSR count). The molecule has 0 amide bonds. The summed E-state index contributed by atoms with van der Waals surface area (Å²) in [5.74, 6) is -1.71. The topological polar surface area (TPSA) is 147 Å². The summed E-state index contributed by atoms with van der Waals surface area (Å²) in [6, 6.07) is -1.12. The normalized spacial score (nSPS) is 12.0. The summed E-state index contributed by atoms with van der Waals surface area (Å²) in [5.41, 5.74) is 4.99. The van der Waals surface area contributed by atoms with E-state index in [-0.39, 0.29) is 6.61 Å². The van der Waals surface area contributed by atoms with Crippen LogP contribution in [0.1, 0.15) is 6.92 Å². The fourth-order valence-electron chi connectivity index (χ4n) is 0.278. The average molecular weight is 261 g/mol. The van der Waals surface area contributed by atoms with E-state index in [0.717, 1.165) is 0 Å². The molecule has 1 atom stereocenters. The minimum atomic E-state index is -3.83. The Hall–Kier alpha value is -0.810. The van der Waals surface area contributed by atoms with Crippen LogP contribution in [0.4, 0.5) is 0 Å². The van der Waals surface area contributed by atoms with Crippen molar-refractivity contribution in [2.24, 2.45) is 5.73 Å². The van der Waals surface area contributed by atoms with Crippen molar-refractivity contribution < 1.29 is 32.7 Å². The van der Waals surface area contributed by atoms with E-state index >= 15 is 0 Å². The predicted molar refractivity (Wildman–Crippen MR) is 53.0 cm³/mol. The molecule has 0 aromatic carbocycles. The Bertz CT molecular complexity index is 303. The zero-order valence-corrected chi connectivity index (χ0v) is 9.29. The molecule has 0 radical (unpaired) electrons. The van der Waals surface area contributed by atoms with Gasteiger partial charge in [-0.3, -0.25) is 18.7 Å². The Morgan fingerprint density at radius 1 is 1.53 bits per heavy atom. The fourth-order valence-corrected chi connectivity index (χ4v) is 0.278. The van der Waals surface area contributed by atoms with Gasteiger partial charge in [-0.15, -0.1) is 0 Å². The molecule has 0 spiro atoms. The van der Waals surface area contributed by atoms with Gasteiger partial charge in [-0.2, -0.15) is 4.21 Å². The molecule has 0 saturated carbocycles. The van der Waals surface area contributed by atoms with Crippen molar-refractivity contribution in [2.45, 2.75) is 13.0 Å². The summed E-state index contributed by atoms with van der Waals surface area (Å²) in [6.07, 6.45) is 0. The van der Waals surface area contributed by atoms with Crippen LogP contribution in [-0.4, -0.2) is 43.0 Å². The molecule has 0 aliphatic carbocycles. The van der Waals surface area contributed by atoms with Gasteiger partial charge < -0.3 is 15.6 Å². The van der Waals surface area contributed by atoms with E-state index in [0.29, 0.717) is 0 Å². The monoisotopic (exact) mass is 261 g/mol. The van der Waals surface area contributed by atoms with Crippen LogP contribution in [-0.2, 0) is 34.6 Å². The summed E-state index contributed by atoms with van der Waals surface area (Å²) in [7, 11) is -3.83. The van der Waals surface area contributed by atoms with Gasteiger partial charge in [0.2, 0.25) is 0 Å².